The van der Waals surface area contributed by atoms with E-state index in [2.05, 4.69) is 15.9 Å². The van der Waals surface area contributed by atoms with Gasteiger partial charge in [0.2, 0.25) is 5.91 Å². The van der Waals surface area contributed by atoms with Gasteiger partial charge in [0.1, 0.15) is 5.82 Å². The van der Waals surface area contributed by atoms with Gasteiger partial charge in [-0.3, -0.25) is 9.59 Å². The first-order chi connectivity index (χ1) is 12.4. The zero-order valence-electron chi connectivity index (χ0n) is 14.3. The predicted molar refractivity (Wildman–Crippen MR) is 99.5 cm³/mol. The zero-order chi connectivity index (χ0) is 18.9. The number of hydrogen-bond acceptors (Lipinski definition) is 3. The number of amides is 1. The summed E-state index contributed by atoms with van der Waals surface area (Å²) in [7, 11) is 2.77. The Bertz CT molecular complexity index is 874. The first-order valence-corrected chi connectivity index (χ1v) is 8.76. The van der Waals surface area contributed by atoms with Crippen LogP contribution < -0.4 is 0 Å². The standard InChI is InChI=1S/C20H17BrFNO3/c1-23-17(15-9-8-14(21)12-16(15)22)20(18(23)24,19(25)26-2)11-10-13-6-4-3-5-7-13/h3-12,17H,1-2H3/b11-10+/t17-,20+/m1/s1. The number of halogens is 2. The number of rotatable bonds is 4. The number of ether oxygens (including phenoxy) is 1. The lowest BCUT2D eigenvalue weighted by Gasteiger charge is -2.51. The molecule has 0 N–H and O–H groups in total. The minimum absolute atomic E-state index is 0.262. The van der Waals surface area contributed by atoms with Gasteiger partial charge in [0.05, 0.1) is 13.2 Å². The molecular weight excluding hydrogens is 401 g/mol. The Labute approximate surface area is 159 Å². The van der Waals surface area contributed by atoms with Gasteiger partial charge >= 0.3 is 5.97 Å². The van der Waals surface area contributed by atoms with E-state index in [0.29, 0.717) is 4.47 Å². The Morgan fingerprint density at radius 1 is 1.27 bits per heavy atom. The highest BCUT2D eigenvalue weighted by Crippen LogP contribution is 2.52. The van der Waals surface area contributed by atoms with Gasteiger partial charge < -0.3 is 9.64 Å². The maximum absolute atomic E-state index is 14.6. The summed E-state index contributed by atoms with van der Waals surface area (Å²) in [6.07, 6.45) is 3.20. The Morgan fingerprint density at radius 3 is 2.58 bits per heavy atom. The molecule has 0 radical (unpaired) electrons. The highest BCUT2D eigenvalue weighted by Gasteiger charge is 2.64. The SMILES string of the molecule is COC(=O)[C@]1(/C=C/c2ccccc2)C(=O)N(C)[C@@H]1c1ccc(Br)cc1F. The van der Waals surface area contributed by atoms with Crippen molar-refractivity contribution in [2.45, 2.75) is 6.04 Å². The molecule has 1 heterocycles. The molecule has 1 aliphatic heterocycles. The molecule has 0 aromatic heterocycles. The maximum atomic E-state index is 14.6. The summed E-state index contributed by atoms with van der Waals surface area (Å²) in [5, 5.41) is 0. The number of hydrogen-bond donors (Lipinski definition) is 0. The highest BCUT2D eigenvalue weighted by molar-refractivity contribution is 9.10. The van der Waals surface area contributed by atoms with E-state index in [1.165, 1.54) is 24.2 Å². The molecule has 26 heavy (non-hydrogen) atoms. The lowest BCUT2D eigenvalue weighted by molar-refractivity contribution is -0.180. The second kappa shape index (κ2) is 7.03. The third kappa shape index (κ3) is 2.84. The van der Waals surface area contributed by atoms with Crippen molar-refractivity contribution in [1.29, 1.82) is 0 Å². The van der Waals surface area contributed by atoms with E-state index in [-0.39, 0.29) is 5.56 Å². The molecule has 4 nitrogen and oxygen atoms in total. The molecule has 134 valence electrons. The molecule has 1 aliphatic rings. The van der Waals surface area contributed by atoms with Crippen LogP contribution in [0.1, 0.15) is 17.2 Å². The molecular formula is C20H17BrFNO3. The summed E-state index contributed by atoms with van der Waals surface area (Å²) >= 11 is 3.22. The van der Waals surface area contributed by atoms with Crippen molar-refractivity contribution in [3.05, 3.63) is 76.0 Å². The van der Waals surface area contributed by atoms with Gasteiger partial charge in [-0.05, 0) is 17.7 Å². The van der Waals surface area contributed by atoms with E-state index < -0.39 is 29.2 Å². The second-order valence-electron chi connectivity index (χ2n) is 6.09. The lowest BCUT2D eigenvalue weighted by Crippen LogP contribution is -2.64. The topological polar surface area (TPSA) is 46.6 Å². The molecule has 1 fully saturated rings. The van der Waals surface area contributed by atoms with Gasteiger partial charge in [-0.25, -0.2) is 4.39 Å². The van der Waals surface area contributed by atoms with E-state index in [1.807, 2.05) is 30.3 Å². The Kier molecular flexibility index (Phi) is 4.96. The normalized spacial score (nSPS) is 22.4. The van der Waals surface area contributed by atoms with Gasteiger partial charge in [-0.2, -0.15) is 0 Å². The van der Waals surface area contributed by atoms with E-state index in [4.69, 9.17) is 4.74 Å². The van der Waals surface area contributed by atoms with Crippen LogP contribution in [0, 0.1) is 11.2 Å². The van der Waals surface area contributed by atoms with E-state index in [0.717, 1.165) is 5.56 Å². The predicted octanol–water partition coefficient (Wildman–Crippen LogP) is 3.97. The van der Waals surface area contributed by atoms with Crippen molar-refractivity contribution in [3.8, 4) is 0 Å². The van der Waals surface area contributed by atoms with Crippen molar-refractivity contribution in [2.75, 3.05) is 14.2 Å². The smallest absolute Gasteiger partial charge is 0.327 e. The van der Waals surface area contributed by atoms with Crippen LogP contribution in [0.5, 0.6) is 0 Å². The first kappa shape index (κ1) is 18.3. The monoisotopic (exact) mass is 417 g/mol. The molecule has 1 saturated heterocycles. The number of esters is 1. The summed E-state index contributed by atoms with van der Waals surface area (Å²) in [6.45, 7) is 0. The number of likely N-dealkylation sites (tertiary alicyclic amines) is 1. The number of methoxy groups -OCH3 is 1. The molecule has 2 atom stereocenters. The minimum Gasteiger partial charge on any atom is -0.468 e. The molecule has 0 bridgehead atoms. The van der Waals surface area contributed by atoms with Crippen LogP contribution in [0.2, 0.25) is 0 Å². The number of carbonyl (C=O) groups excluding carboxylic acids is 2. The third-order valence-corrected chi connectivity index (χ3v) is 5.10. The Morgan fingerprint density at radius 2 is 1.96 bits per heavy atom. The quantitative estimate of drug-likeness (QED) is 0.429. The Balaban J connectivity index is 2.10. The molecule has 1 amide bonds. The molecule has 2 aromatic rings. The summed E-state index contributed by atoms with van der Waals surface area (Å²) in [6, 6.07) is 13.1. The van der Waals surface area contributed by atoms with Gasteiger partial charge in [0.15, 0.2) is 5.41 Å². The zero-order valence-corrected chi connectivity index (χ0v) is 15.9. The van der Waals surface area contributed by atoms with Gasteiger partial charge in [0, 0.05) is 17.1 Å². The van der Waals surface area contributed by atoms with E-state index in [1.54, 1.807) is 25.3 Å². The second-order valence-corrected chi connectivity index (χ2v) is 7.00. The average Bonchev–Trinajstić information content (AvgIpc) is 2.65. The number of benzene rings is 2. The number of β-lactam (4-membered cyclic amide) rings is 1. The highest BCUT2D eigenvalue weighted by atomic mass is 79.9. The van der Waals surface area contributed by atoms with E-state index >= 15 is 0 Å². The van der Waals surface area contributed by atoms with Crippen molar-refractivity contribution >= 4 is 33.9 Å². The van der Waals surface area contributed by atoms with Crippen LogP contribution in [-0.4, -0.2) is 30.9 Å². The van der Waals surface area contributed by atoms with Crippen molar-refractivity contribution in [3.63, 3.8) is 0 Å². The molecule has 0 unspecified atom stereocenters. The van der Waals surface area contributed by atoms with E-state index in [9.17, 15) is 14.0 Å². The van der Waals surface area contributed by atoms with Crippen LogP contribution in [-0.2, 0) is 14.3 Å². The van der Waals surface area contributed by atoms with Gasteiger partial charge in [0.25, 0.3) is 0 Å². The molecule has 3 rings (SSSR count). The molecule has 0 saturated carbocycles. The summed E-state index contributed by atoms with van der Waals surface area (Å²) in [5.41, 5.74) is -0.500. The summed E-state index contributed by atoms with van der Waals surface area (Å²) in [4.78, 5) is 26.7. The summed E-state index contributed by atoms with van der Waals surface area (Å²) < 4.78 is 20.0. The largest absolute Gasteiger partial charge is 0.468 e. The minimum atomic E-state index is -1.59. The van der Waals surface area contributed by atoms with Gasteiger partial charge in [-0.15, -0.1) is 0 Å². The number of nitrogens with zero attached hydrogens (tertiary/aromatic N) is 1. The van der Waals surface area contributed by atoms with Crippen LogP contribution in [0.25, 0.3) is 6.08 Å². The van der Waals surface area contributed by atoms with Crippen LogP contribution in [0.15, 0.2) is 59.1 Å². The summed E-state index contributed by atoms with van der Waals surface area (Å²) in [5.74, 6) is -1.63. The van der Waals surface area contributed by atoms with Crippen LogP contribution >= 0.6 is 15.9 Å². The molecule has 2 aromatic carbocycles. The fourth-order valence-electron chi connectivity index (χ4n) is 3.33. The van der Waals surface area contributed by atoms with Crippen LogP contribution in [0.3, 0.4) is 0 Å². The fraction of sp³-hybridized carbons (Fsp3) is 0.200. The van der Waals surface area contributed by atoms with Crippen molar-refractivity contribution < 1.29 is 18.7 Å². The number of carbonyl (C=O) groups is 2. The molecule has 6 heteroatoms. The lowest BCUT2D eigenvalue weighted by atomic mass is 9.67. The fourth-order valence-corrected chi connectivity index (χ4v) is 3.67. The maximum Gasteiger partial charge on any atom is 0.327 e. The third-order valence-electron chi connectivity index (χ3n) is 4.61. The first-order valence-electron chi connectivity index (χ1n) is 7.96. The Hall–Kier alpha value is -2.47. The van der Waals surface area contributed by atoms with Crippen molar-refractivity contribution in [2.24, 2.45) is 5.41 Å². The molecule has 0 aliphatic carbocycles. The molecule has 0 spiro atoms. The van der Waals surface area contributed by atoms with Gasteiger partial charge in [-0.1, -0.05) is 64.5 Å². The van der Waals surface area contributed by atoms with Crippen molar-refractivity contribution in [1.82, 2.24) is 4.90 Å². The van der Waals surface area contributed by atoms with Crippen LogP contribution in [0.4, 0.5) is 4.39 Å². The average molecular weight is 418 g/mol.